The summed E-state index contributed by atoms with van der Waals surface area (Å²) in [5.74, 6) is 2.24. The number of rotatable bonds is 4. The van der Waals surface area contributed by atoms with Crippen molar-refractivity contribution in [2.75, 3.05) is 27.9 Å². The normalized spacial score (nSPS) is 17.8. The van der Waals surface area contributed by atoms with Gasteiger partial charge in [0, 0.05) is 6.07 Å². The summed E-state index contributed by atoms with van der Waals surface area (Å²) < 4.78 is 22.2. The van der Waals surface area contributed by atoms with Crippen LogP contribution < -0.4 is 18.9 Å². The van der Waals surface area contributed by atoms with Crippen LogP contribution in [-0.2, 0) is 0 Å². The minimum atomic E-state index is -0.372. The Morgan fingerprint density at radius 1 is 1.04 bits per heavy atom. The average Bonchev–Trinajstić information content (AvgIpc) is 2.63. The summed E-state index contributed by atoms with van der Waals surface area (Å²) >= 11 is 6.75. The van der Waals surface area contributed by atoms with Crippen molar-refractivity contribution in [3.05, 3.63) is 53.1 Å². The van der Waals surface area contributed by atoms with Gasteiger partial charge in [0.2, 0.25) is 5.75 Å². The number of halogens is 1. The Labute approximate surface area is 146 Å². The molecule has 5 heteroatoms. The third-order valence-corrected chi connectivity index (χ3v) is 4.45. The lowest BCUT2D eigenvalue weighted by Gasteiger charge is -2.28. The molecule has 0 bridgehead atoms. The van der Waals surface area contributed by atoms with Crippen molar-refractivity contribution in [1.82, 2.24) is 0 Å². The van der Waals surface area contributed by atoms with Crippen LogP contribution in [0.3, 0.4) is 0 Å². The molecule has 1 heterocycles. The topological polar surface area (TPSA) is 36.9 Å². The van der Waals surface area contributed by atoms with Crippen molar-refractivity contribution >= 4 is 17.7 Å². The maximum absolute atomic E-state index is 6.75. The summed E-state index contributed by atoms with van der Waals surface area (Å²) in [6.07, 6.45) is 2.04. The van der Waals surface area contributed by atoms with Gasteiger partial charge in [-0.1, -0.05) is 36.4 Å². The molecule has 2 aromatic rings. The smallest absolute Gasteiger partial charge is 0.203 e. The molecule has 1 aliphatic heterocycles. The largest absolute Gasteiger partial charge is 0.493 e. The van der Waals surface area contributed by atoms with Gasteiger partial charge in [0.25, 0.3) is 0 Å². The summed E-state index contributed by atoms with van der Waals surface area (Å²) in [5, 5.41) is -0.372. The van der Waals surface area contributed by atoms with E-state index >= 15 is 0 Å². The summed E-state index contributed by atoms with van der Waals surface area (Å²) in [5.41, 5.74) is 2.79. The maximum Gasteiger partial charge on any atom is 0.203 e. The Morgan fingerprint density at radius 3 is 2.38 bits per heavy atom. The van der Waals surface area contributed by atoms with Gasteiger partial charge in [-0.15, -0.1) is 11.6 Å². The van der Waals surface area contributed by atoms with E-state index in [-0.39, 0.29) is 5.38 Å². The van der Waals surface area contributed by atoms with Gasteiger partial charge in [-0.2, -0.15) is 0 Å². The molecule has 4 nitrogen and oxygen atoms in total. The third-order valence-electron chi connectivity index (χ3n) is 3.96. The van der Waals surface area contributed by atoms with E-state index < -0.39 is 0 Å². The van der Waals surface area contributed by atoms with Crippen molar-refractivity contribution in [1.29, 1.82) is 0 Å². The van der Waals surface area contributed by atoms with Gasteiger partial charge in [-0.3, -0.25) is 0 Å². The van der Waals surface area contributed by atoms with Crippen LogP contribution in [0.5, 0.6) is 23.0 Å². The van der Waals surface area contributed by atoms with Crippen LogP contribution in [0, 0.1) is 0 Å². The highest BCUT2D eigenvalue weighted by Gasteiger charge is 2.32. The summed E-state index contributed by atoms with van der Waals surface area (Å²) in [4.78, 5) is 0. The number of hydrogen-bond acceptors (Lipinski definition) is 4. The Morgan fingerprint density at radius 2 is 1.75 bits per heavy atom. The van der Waals surface area contributed by atoms with Crippen LogP contribution in [0.25, 0.3) is 6.08 Å². The van der Waals surface area contributed by atoms with E-state index in [0.29, 0.717) is 29.6 Å². The Hall–Kier alpha value is -2.33. The quantitative estimate of drug-likeness (QED) is 0.765. The molecule has 0 N–H and O–H groups in total. The minimum absolute atomic E-state index is 0.372. The fourth-order valence-corrected chi connectivity index (χ4v) is 3.15. The maximum atomic E-state index is 6.75. The number of methoxy groups -OCH3 is 3. The van der Waals surface area contributed by atoms with Crippen LogP contribution >= 0.6 is 11.6 Å². The van der Waals surface area contributed by atoms with Gasteiger partial charge in [-0.05, 0) is 11.1 Å². The molecule has 1 unspecified atom stereocenters. The zero-order chi connectivity index (χ0) is 17.1. The molecule has 24 heavy (non-hydrogen) atoms. The predicted octanol–water partition coefficient (Wildman–Crippen LogP) is 4.47. The highest BCUT2D eigenvalue weighted by molar-refractivity contribution is 6.23. The summed E-state index contributed by atoms with van der Waals surface area (Å²) in [7, 11) is 4.72. The van der Waals surface area contributed by atoms with Crippen molar-refractivity contribution in [3.63, 3.8) is 0 Å². The number of hydrogen-bond donors (Lipinski definition) is 0. The molecule has 0 aromatic heterocycles. The van der Waals surface area contributed by atoms with Crippen LogP contribution in [0.1, 0.15) is 16.5 Å². The zero-order valence-electron chi connectivity index (χ0n) is 13.8. The van der Waals surface area contributed by atoms with Crippen molar-refractivity contribution < 1.29 is 18.9 Å². The molecule has 2 aromatic carbocycles. The van der Waals surface area contributed by atoms with E-state index in [1.807, 2.05) is 36.4 Å². The van der Waals surface area contributed by atoms with Gasteiger partial charge in [0.1, 0.15) is 12.4 Å². The zero-order valence-corrected chi connectivity index (χ0v) is 14.6. The van der Waals surface area contributed by atoms with E-state index in [2.05, 4.69) is 0 Å². The van der Waals surface area contributed by atoms with Crippen molar-refractivity contribution in [3.8, 4) is 23.0 Å². The summed E-state index contributed by atoms with van der Waals surface area (Å²) in [6, 6.07) is 11.8. The van der Waals surface area contributed by atoms with E-state index in [0.717, 1.165) is 16.7 Å². The van der Waals surface area contributed by atoms with Gasteiger partial charge >= 0.3 is 0 Å². The molecule has 126 valence electrons. The first-order valence-electron chi connectivity index (χ1n) is 7.54. The Kier molecular flexibility index (Phi) is 4.86. The molecule has 1 atom stereocenters. The van der Waals surface area contributed by atoms with E-state index in [1.54, 1.807) is 27.4 Å². The lowest BCUT2D eigenvalue weighted by Crippen LogP contribution is -2.16. The second kappa shape index (κ2) is 7.05. The number of ether oxygens (including phenoxy) is 4. The number of alkyl halides is 1. The van der Waals surface area contributed by atoms with Gasteiger partial charge in [-0.25, -0.2) is 0 Å². The summed E-state index contributed by atoms with van der Waals surface area (Å²) in [6.45, 7) is 0.411. The van der Waals surface area contributed by atoms with Crippen LogP contribution in [-0.4, -0.2) is 27.9 Å². The Balaban J connectivity index is 2.09. The number of benzene rings is 2. The van der Waals surface area contributed by atoms with Crippen molar-refractivity contribution in [2.45, 2.75) is 5.38 Å². The predicted molar refractivity (Wildman–Crippen MR) is 94.6 cm³/mol. The minimum Gasteiger partial charge on any atom is -0.493 e. The first-order valence-corrected chi connectivity index (χ1v) is 7.98. The van der Waals surface area contributed by atoms with E-state index in [1.165, 1.54) is 0 Å². The SMILES string of the molecule is COc1cc2c(c(OC)c1OC)C(Cl)C(=Cc1ccccc1)CO2. The van der Waals surface area contributed by atoms with Crippen molar-refractivity contribution in [2.24, 2.45) is 0 Å². The molecule has 0 radical (unpaired) electrons. The second-order valence-corrected chi connectivity index (χ2v) is 5.77. The van der Waals surface area contributed by atoms with Crippen LogP contribution in [0.15, 0.2) is 42.0 Å². The lowest BCUT2D eigenvalue weighted by molar-refractivity contribution is 0.297. The molecule has 1 aliphatic rings. The average molecular weight is 347 g/mol. The monoisotopic (exact) mass is 346 g/mol. The Bertz CT molecular complexity index is 756. The second-order valence-electron chi connectivity index (χ2n) is 5.34. The molecular formula is C19H19ClO4. The first kappa shape index (κ1) is 16.5. The van der Waals surface area contributed by atoms with Crippen LogP contribution in [0.2, 0.25) is 0 Å². The molecular weight excluding hydrogens is 328 g/mol. The molecule has 0 fully saturated rings. The van der Waals surface area contributed by atoms with Gasteiger partial charge in [0.15, 0.2) is 11.5 Å². The highest BCUT2D eigenvalue weighted by atomic mass is 35.5. The lowest BCUT2D eigenvalue weighted by atomic mass is 9.97. The molecule has 0 saturated heterocycles. The first-order chi connectivity index (χ1) is 11.7. The molecule has 3 rings (SSSR count). The number of fused-ring (bicyclic) bond motifs is 1. The standard InChI is InChI=1S/C19H19ClO4/c1-21-15-10-14-16(19(23-3)18(15)22-2)17(20)13(11-24-14)9-12-7-5-4-6-8-12/h4-10,17H,11H2,1-3H3. The van der Waals surface area contributed by atoms with Gasteiger partial charge < -0.3 is 18.9 Å². The fraction of sp³-hybridized carbons (Fsp3) is 0.263. The highest BCUT2D eigenvalue weighted by Crippen LogP contribution is 2.52. The molecule has 0 spiro atoms. The van der Waals surface area contributed by atoms with Gasteiger partial charge in [0.05, 0.1) is 32.3 Å². The molecule has 0 amide bonds. The third kappa shape index (κ3) is 2.89. The molecule has 0 saturated carbocycles. The fourth-order valence-electron chi connectivity index (χ4n) is 2.81. The molecule has 0 aliphatic carbocycles. The van der Waals surface area contributed by atoms with Crippen LogP contribution in [0.4, 0.5) is 0 Å². The van der Waals surface area contributed by atoms with E-state index in [4.69, 9.17) is 30.5 Å². The van der Waals surface area contributed by atoms with E-state index in [9.17, 15) is 0 Å².